The van der Waals surface area contributed by atoms with Gasteiger partial charge in [0.2, 0.25) is 0 Å². The topological polar surface area (TPSA) is 87.1 Å². The zero-order valence-electron chi connectivity index (χ0n) is 11.7. The van der Waals surface area contributed by atoms with E-state index in [0.717, 1.165) is 0 Å². The smallest absolute Gasteiger partial charge is 0.325 e. The molecule has 0 aliphatic carbocycles. The van der Waals surface area contributed by atoms with Crippen LogP contribution in [0.2, 0.25) is 0 Å². The van der Waals surface area contributed by atoms with Gasteiger partial charge in [-0.2, -0.15) is 0 Å². The predicted molar refractivity (Wildman–Crippen MR) is 72.8 cm³/mol. The number of hydrogen-bond acceptors (Lipinski definition) is 4. The summed E-state index contributed by atoms with van der Waals surface area (Å²) in [6.07, 6.45) is -0.0229. The SMILES string of the molecule is CC(C)Oc1cccc(C(C(=O)O)N(C)CC(=O)O)c1. The van der Waals surface area contributed by atoms with Crippen molar-refractivity contribution in [1.82, 2.24) is 4.90 Å². The molecular formula is C14H19NO5. The van der Waals surface area contributed by atoms with Crippen molar-refractivity contribution in [3.8, 4) is 5.75 Å². The molecule has 20 heavy (non-hydrogen) atoms. The average Bonchev–Trinajstić information content (AvgIpc) is 2.26. The number of carboxylic acids is 2. The Balaban J connectivity index is 3.02. The highest BCUT2D eigenvalue weighted by Gasteiger charge is 2.26. The fourth-order valence-corrected chi connectivity index (χ4v) is 1.92. The Morgan fingerprint density at radius 3 is 2.45 bits per heavy atom. The summed E-state index contributed by atoms with van der Waals surface area (Å²) in [5.74, 6) is -1.61. The van der Waals surface area contributed by atoms with E-state index in [-0.39, 0.29) is 12.6 Å². The first kappa shape index (κ1) is 16.0. The minimum atomic E-state index is -1.10. The van der Waals surface area contributed by atoms with Crippen molar-refractivity contribution in [1.29, 1.82) is 0 Å². The summed E-state index contributed by atoms with van der Waals surface area (Å²) >= 11 is 0. The molecule has 6 heteroatoms. The first-order valence-electron chi connectivity index (χ1n) is 6.22. The van der Waals surface area contributed by atoms with Crippen LogP contribution in [0.5, 0.6) is 5.75 Å². The van der Waals surface area contributed by atoms with Crippen LogP contribution in [0.3, 0.4) is 0 Å². The van der Waals surface area contributed by atoms with E-state index >= 15 is 0 Å². The van der Waals surface area contributed by atoms with Gasteiger partial charge in [-0.05, 0) is 38.6 Å². The monoisotopic (exact) mass is 281 g/mol. The summed E-state index contributed by atoms with van der Waals surface area (Å²) in [5.41, 5.74) is 0.486. The molecule has 1 aromatic carbocycles. The van der Waals surface area contributed by atoms with Gasteiger partial charge in [-0.15, -0.1) is 0 Å². The van der Waals surface area contributed by atoms with Crippen molar-refractivity contribution in [2.45, 2.75) is 26.0 Å². The minimum absolute atomic E-state index is 0.0229. The molecule has 0 heterocycles. The summed E-state index contributed by atoms with van der Waals surface area (Å²) in [6, 6.07) is 5.67. The van der Waals surface area contributed by atoms with Gasteiger partial charge in [-0.1, -0.05) is 12.1 Å². The van der Waals surface area contributed by atoms with Gasteiger partial charge in [0.15, 0.2) is 0 Å². The largest absolute Gasteiger partial charge is 0.491 e. The maximum Gasteiger partial charge on any atom is 0.325 e. The van der Waals surface area contributed by atoms with E-state index in [4.69, 9.17) is 9.84 Å². The Labute approximate surface area is 117 Å². The number of carbonyl (C=O) groups is 2. The van der Waals surface area contributed by atoms with Crippen LogP contribution in [-0.4, -0.2) is 46.7 Å². The third kappa shape index (κ3) is 4.55. The second kappa shape index (κ2) is 6.91. The van der Waals surface area contributed by atoms with Crippen LogP contribution in [0.1, 0.15) is 25.5 Å². The van der Waals surface area contributed by atoms with Gasteiger partial charge in [-0.3, -0.25) is 14.5 Å². The highest BCUT2D eigenvalue weighted by molar-refractivity contribution is 5.77. The van der Waals surface area contributed by atoms with Crippen LogP contribution in [0.15, 0.2) is 24.3 Å². The van der Waals surface area contributed by atoms with Gasteiger partial charge in [0.05, 0.1) is 12.6 Å². The molecule has 1 atom stereocenters. The highest BCUT2D eigenvalue weighted by Crippen LogP contribution is 2.24. The number of ether oxygens (including phenoxy) is 1. The molecule has 0 spiro atoms. The Bertz CT molecular complexity index is 486. The first-order chi connectivity index (χ1) is 9.31. The van der Waals surface area contributed by atoms with E-state index in [1.165, 1.54) is 11.9 Å². The third-order valence-electron chi connectivity index (χ3n) is 2.60. The number of nitrogens with zero attached hydrogens (tertiary/aromatic N) is 1. The zero-order chi connectivity index (χ0) is 15.3. The van der Waals surface area contributed by atoms with E-state index < -0.39 is 18.0 Å². The standard InChI is InChI=1S/C14H19NO5/c1-9(2)20-11-6-4-5-10(7-11)13(14(18)19)15(3)8-12(16)17/h4-7,9,13H,8H2,1-3H3,(H,16,17)(H,18,19). The summed E-state index contributed by atoms with van der Waals surface area (Å²) in [5, 5.41) is 18.1. The molecular weight excluding hydrogens is 262 g/mol. The Morgan fingerprint density at radius 2 is 1.95 bits per heavy atom. The van der Waals surface area contributed by atoms with Crippen LogP contribution >= 0.6 is 0 Å². The molecule has 0 aromatic heterocycles. The molecule has 0 fully saturated rings. The van der Waals surface area contributed by atoms with Gasteiger partial charge in [0.25, 0.3) is 0 Å². The van der Waals surface area contributed by atoms with Crippen LogP contribution < -0.4 is 4.74 Å². The van der Waals surface area contributed by atoms with Crippen LogP contribution in [0.25, 0.3) is 0 Å². The first-order valence-corrected chi connectivity index (χ1v) is 6.22. The van der Waals surface area contributed by atoms with Gasteiger partial charge in [-0.25, -0.2) is 0 Å². The van der Waals surface area contributed by atoms with E-state index in [0.29, 0.717) is 11.3 Å². The second-order valence-corrected chi connectivity index (χ2v) is 4.79. The Hall–Kier alpha value is -2.08. The molecule has 0 aliphatic heterocycles. The molecule has 0 bridgehead atoms. The lowest BCUT2D eigenvalue weighted by Gasteiger charge is -2.23. The quantitative estimate of drug-likeness (QED) is 0.789. The molecule has 110 valence electrons. The van der Waals surface area contributed by atoms with Crippen molar-refractivity contribution >= 4 is 11.9 Å². The van der Waals surface area contributed by atoms with Crippen molar-refractivity contribution in [3.05, 3.63) is 29.8 Å². The molecule has 6 nitrogen and oxygen atoms in total. The molecule has 0 radical (unpaired) electrons. The van der Waals surface area contributed by atoms with Gasteiger partial charge < -0.3 is 14.9 Å². The van der Waals surface area contributed by atoms with E-state index in [1.54, 1.807) is 24.3 Å². The molecule has 0 saturated heterocycles. The van der Waals surface area contributed by atoms with Crippen LogP contribution in [0.4, 0.5) is 0 Å². The second-order valence-electron chi connectivity index (χ2n) is 4.79. The molecule has 0 amide bonds. The van der Waals surface area contributed by atoms with Crippen molar-refractivity contribution in [2.75, 3.05) is 13.6 Å². The van der Waals surface area contributed by atoms with Gasteiger partial charge >= 0.3 is 11.9 Å². The number of benzene rings is 1. The summed E-state index contributed by atoms with van der Waals surface area (Å²) in [7, 11) is 1.46. The zero-order valence-corrected chi connectivity index (χ0v) is 11.7. The predicted octanol–water partition coefficient (Wildman–Crippen LogP) is 1.62. The molecule has 0 aliphatic rings. The number of likely N-dealkylation sites (N-methyl/N-ethyl adjacent to an activating group) is 1. The van der Waals surface area contributed by atoms with Crippen molar-refractivity contribution in [3.63, 3.8) is 0 Å². The fraction of sp³-hybridized carbons (Fsp3) is 0.429. The molecule has 1 unspecified atom stereocenters. The van der Waals surface area contributed by atoms with Crippen molar-refractivity contribution < 1.29 is 24.5 Å². The maximum atomic E-state index is 11.4. The summed E-state index contributed by atoms with van der Waals surface area (Å²) in [4.78, 5) is 23.4. The average molecular weight is 281 g/mol. The van der Waals surface area contributed by atoms with Gasteiger partial charge in [0, 0.05) is 0 Å². The summed E-state index contributed by atoms with van der Waals surface area (Å²) in [6.45, 7) is 3.39. The molecule has 2 N–H and O–H groups in total. The van der Waals surface area contributed by atoms with E-state index in [2.05, 4.69) is 0 Å². The number of aliphatic carboxylic acids is 2. The lowest BCUT2D eigenvalue weighted by Crippen LogP contribution is -2.34. The fourth-order valence-electron chi connectivity index (χ4n) is 1.92. The Kier molecular flexibility index (Phi) is 5.52. The van der Waals surface area contributed by atoms with Crippen LogP contribution in [-0.2, 0) is 9.59 Å². The van der Waals surface area contributed by atoms with Gasteiger partial charge in [0.1, 0.15) is 11.8 Å². The molecule has 1 rings (SSSR count). The van der Waals surface area contributed by atoms with E-state index in [9.17, 15) is 14.7 Å². The Morgan fingerprint density at radius 1 is 1.30 bits per heavy atom. The highest BCUT2D eigenvalue weighted by atomic mass is 16.5. The third-order valence-corrected chi connectivity index (χ3v) is 2.60. The lowest BCUT2D eigenvalue weighted by molar-refractivity contribution is -0.145. The van der Waals surface area contributed by atoms with Crippen molar-refractivity contribution in [2.24, 2.45) is 0 Å². The number of rotatable bonds is 7. The lowest BCUT2D eigenvalue weighted by atomic mass is 10.1. The number of hydrogen-bond donors (Lipinski definition) is 2. The van der Waals surface area contributed by atoms with E-state index in [1.807, 2.05) is 13.8 Å². The maximum absolute atomic E-state index is 11.4. The molecule has 1 aromatic rings. The summed E-state index contributed by atoms with van der Waals surface area (Å²) < 4.78 is 5.52. The minimum Gasteiger partial charge on any atom is -0.491 e. The number of carboxylic acid groups (broad SMARTS) is 2. The molecule has 0 saturated carbocycles. The van der Waals surface area contributed by atoms with Crippen LogP contribution in [0, 0.1) is 0 Å². The normalized spacial score (nSPS) is 12.4.